The third kappa shape index (κ3) is 2.03. The first-order valence-electron chi connectivity index (χ1n) is 6.05. The molecule has 0 atom stereocenters. The normalized spacial score (nSPS) is 16.8. The molecule has 3 heteroatoms. The Kier molecular flexibility index (Phi) is 2.99. The van der Waals surface area contributed by atoms with Gasteiger partial charge in [0.2, 0.25) is 0 Å². The molecule has 2 heterocycles. The Morgan fingerprint density at radius 1 is 1.24 bits per heavy atom. The third-order valence-electron chi connectivity index (χ3n) is 3.55. The molecule has 0 radical (unpaired) electrons. The van der Waals surface area contributed by atoms with Crippen molar-refractivity contribution in [2.45, 2.75) is 12.8 Å². The predicted octanol–water partition coefficient (Wildman–Crippen LogP) is 1.94. The van der Waals surface area contributed by atoms with E-state index < -0.39 is 0 Å². The molecule has 90 valence electrons. The Labute approximate surface area is 108 Å². The van der Waals surface area contributed by atoms with Gasteiger partial charge in [-0.15, -0.1) is 0 Å². The summed E-state index contributed by atoms with van der Waals surface area (Å²) >= 11 is 0.558. The number of fused-ring (bicyclic) bond motifs is 3. The molecule has 0 saturated heterocycles. The first-order chi connectivity index (χ1) is 8.28. The van der Waals surface area contributed by atoms with E-state index in [-0.39, 0.29) is 0 Å². The molecule has 17 heavy (non-hydrogen) atoms. The third-order valence-corrected chi connectivity index (χ3v) is 6.22. The number of methoxy groups -OCH3 is 1. The number of hydrogen-bond acceptors (Lipinski definition) is 2. The van der Waals surface area contributed by atoms with Crippen LogP contribution >= 0.6 is 0 Å². The predicted molar refractivity (Wildman–Crippen MR) is 72.3 cm³/mol. The zero-order valence-electron chi connectivity index (χ0n) is 10.3. The maximum atomic E-state index is 5.35. The topological polar surface area (TPSA) is 12.5 Å². The van der Waals surface area contributed by atoms with Gasteiger partial charge in [-0.2, -0.15) is 0 Å². The minimum absolute atomic E-state index is 0.558. The second-order valence-electron chi connectivity index (χ2n) is 4.67. The fourth-order valence-electron chi connectivity index (χ4n) is 2.49. The van der Waals surface area contributed by atoms with Crippen LogP contribution in [0.5, 0.6) is 5.75 Å². The van der Waals surface area contributed by atoms with Crippen molar-refractivity contribution < 1.29 is 4.74 Å². The van der Waals surface area contributed by atoms with Crippen LogP contribution in [0, 0.1) is 0 Å². The molecule has 0 N–H and O–H groups in total. The van der Waals surface area contributed by atoms with Crippen molar-refractivity contribution in [2.24, 2.45) is 0 Å². The van der Waals surface area contributed by atoms with Gasteiger partial charge in [0.25, 0.3) is 0 Å². The van der Waals surface area contributed by atoms with Crippen LogP contribution in [0.4, 0.5) is 0 Å². The molecule has 1 aliphatic heterocycles. The number of benzene rings is 1. The van der Waals surface area contributed by atoms with Crippen molar-refractivity contribution in [1.29, 1.82) is 0 Å². The first kappa shape index (κ1) is 11.3. The molecule has 0 fully saturated rings. The Hall–Kier alpha value is -0.761. The van der Waals surface area contributed by atoms with E-state index in [4.69, 9.17) is 4.74 Å². The van der Waals surface area contributed by atoms with Crippen molar-refractivity contribution >= 4 is 24.1 Å². The Balaban J connectivity index is 2.12. The van der Waals surface area contributed by atoms with Gasteiger partial charge in [0, 0.05) is 0 Å². The monoisotopic (exact) mass is 295 g/mol. The number of likely N-dealkylation sites (N-methyl/N-ethyl adjacent to an activating group) is 1. The molecule has 2 nitrogen and oxygen atoms in total. The molecule has 0 saturated carbocycles. The van der Waals surface area contributed by atoms with Crippen LogP contribution < -0.4 is 4.74 Å². The fourth-order valence-corrected chi connectivity index (χ4v) is 5.05. The molecule has 0 aliphatic carbocycles. The number of ether oxygens (including phenoxy) is 1. The molecular formula is C14H17NOSe. The van der Waals surface area contributed by atoms with Gasteiger partial charge in [0.1, 0.15) is 0 Å². The van der Waals surface area contributed by atoms with Gasteiger partial charge in [0.05, 0.1) is 0 Å². The van der Waals surface area contributed by atoms with Crippen LogP contribution in [0.15, 0.2) is 18.2 Å². The van der Waals surface area contributed by atoms with Crippen molar-refractivity contribution in [1.82, 2.24) is 4.90 Å². The SMILES string of the molecule is COc1ccc2[se]c3c(c2c1)CCN(C)CC3. The van der Waals surface area contributed by atoms with Gasteiger partial charge >= 0.3 is 108 Å². The van der Waals surface area contributed by atoms with Gasteiger partial charge < -0.3 is 0 Å². The Morgan fingerprint density at radius 3 is 2.88 bits per heavy atom. The number of hydrogen-bond donors (Lipinski definition) is 0. The van der Waals surface area contributed by atoms with Gasteiger partial charge in [-0.1, -0.05) is 0 Å². The summed E-state index contributed by atoms with van der Waals surface area (Å²) in [6.07, 6.45) is 2.45. The van der Waals surface area contributed by atoms with Gasteiger partial charge in [-0.05, 0) is 0 Å². The van der Waals surface area contributed by atoms with E-state index in [9.17, 15) is 0 Å². The zero-order valence-corrected chi connectivity index (χ0v) is 12.0. The van der Waals surface area contributed by atoms with E-state index in [1.54, 1.807) is 21.4 Å². The summed E-state index contributed by atoms with van der Waals surface area (Å²) in [4.78, 5) is 2.44. The van der Waals surface area contributed by atoms with E-state index in [0.717, 1.165) is 5.75 Å². The summed E-state index contributed by atoms with van der Waals surface area (Å²) in [5.41, 5.74) is 1.61. The Bertz CT molecular complexity index is 546. The van der Waals surface area contributed by atoms with Crippen LogP contribution in [0.25, 0.3) is 9.65 Å². The molecule has 0 unspecified atom stereocenters. The molecule has 2 aromatic rings. The van der Waals surface area contributed by atoms with E-state index in [2.05, 4.69) is 30.1 Å². The van der Waals surface area contributed by atoms with Crippen LogP contribution in [-0.4, -0.2) is 46.7 Å². The fraction of sp³-hybridized carbons (Fsp3) is 0.429. The van der Waals surface area contributed by atoms with E-state index in [1.807, 2.05) is 0 Å². The van der Waals surface area contributed by atoms with Crippen molar-refractivity contribution in [2.75, 3.05) is 27.2 Å². The molecule has 0 bridgehead atoms. The van der Waals surface area contributed by atoms with Crippen LogP contribution in [0.3, 0.4) is 0 Å². The Morgan fingerprint density at radius 2 is 2.06 bits per heavy atom. The molecule has 0 amide bonds. The second-order valence-corrected chi connectivity index (χ2v) is 7.05. The summed E-state index contributed by atoms with van der Waals surface area (Å²) in [6.45, 7) is 2.40. The van der Waals surface area contributed by atoms with Crippen molar-refractivity contribution in [3.05, 3.63) is 28.2 Å². The minimum atomic E-state index is 0.558. The summed E-state index contributed by atoms with van der Waals surface area (Å²) in [5, 5.41) is 1.47. The summed E-state index contributed by atoms with van der Waals surface area (Å²) in [7, 11) is 3.97. The quantitative estimate of drug-likeness (QED) is 0.745. The summed E-state index contributed by atoms with van der Waals surface area (Å²) in [6, 6.07) is 6.58. The average molecular weight is 294 g/mol. The maximum absolute atomic E-state index is 5.35. The van der Waals surface area contributed by atoms with Gasteiger partial charge in [-0.3, -0.25) is 0 Å². The molecular weight excluding hydrogens is 277 g/mol. The number of rotatable bonds is 1. The average Bonchev–Trinajstić information content (AvgIpc) is 2.60. The van der Waals surface area contributed by atoms with Crippen molar-refractivity contribution in [3.63, 3.8) is 0 Å². The molecule has 3 rings (SSSR count). The van der Waals surface area contributed by atoms with Gasteiger partial charge in [-0.25, -0.2) is 0 Å². The van der Waals surface area contributed by atoms with Crippen LogP contribution in [0.1, 0.15) is 10.0 Å². The standard InChI is InChI=1S/C14H17NOSe/c1-15-7-5-11-12-9-10(16-2)3-4-13(12)17-14(11)6-8-15/h3-4,9H,5-8H2,1-2H3. The van der Waals surface area contributed by atoms with Crippen LogP contribution in [-0.2, 0) is 12.8 Å². The number of nitrogens with zero attached hydrogens (tertiary/aromatic N) is 1. The summed E-state index contributed by atoms with van der Waals surface area (Å²) in [5.74, 6) is 0.992. The zero-order chi connectivity index (χ0) is 11.8. The molecule has 1 aromatic carbocycles. The summed E-state index contributed by atoms with van der Waals surface area (Å²) < 4.78 is 8.61. The molecule has 1 aliphatic rings. The van der Waals surface area contributed by atoms with E-state index in [1.165, 1.54) is 31.3 Å². The molecule has 0 spiro atoms. The molecule has 1 aromatic heterocycles. The van der Waals surface area contributed by atoms with E-state index in [0.29, 0.717) is 14.5 Å². The van der Waals surface area contributed by atoms with Crippen LogP contribution in [0.2, 0.25) is 0 Å². The van der Waals surface area contributed by atoms with Crippen molar-refractivity contribution in [3.8, 4) is 5.75 Å². The second kappa shape index (κ2) is 4.49. The van der Waals surface area contributed by atoms with E-state index >= 15 is 0 Å². The first-order valence-corrected chi connectivity index (χ1v) is 7.76. The van der Waals surface area contributed by atoms with Gasteiger partial charge in [0.15, 0.2) is 0 Å².